The Morgan fingerprint density at radius 1 is 0.821 bits per heavy atom. The van der Waals surface area contributed by atoms with Gasteiger partial charge in [-0.3, -0.25) is 0 Å². The third-order valence-corrected chi connectivity index (χ3v) is 6.00. The van der Waals surface area contributed by atoms with Gasteiger partial charge in [-0.2, -0.15) is 10.5 Å². The van der Waals surface area contributed by atoms with Crippen LogP contribution in [0.15, 0.2) is 58.5 Å². The predicted octanol–water partition coefficient (Wildman–Crippen LogP) is 5.30. The molecule has 0 radical (unpaired) electrons. The molecule has 6 heteroatoms. The zero-order valence-corrected chi connectivity index (χ0v) is 16.8. The number of nitrogens with zero attached hydrogens (tertiary/aromatic N) is 4. The lowest BCUT2D eigenvalue weighted by Crippen LogP contribution is -2.25. The van der Waals surface area contributed by atoms with Crippen LogP contribution in [0.4, 0.5) is 0 Å². The Kier molecular flexibility index (Phi) is 4.31. The molecule has 0 N–H and O–H groups in total. The maximum Gasteiger partial charge on any atom is 0.326 e. The highest BCUT2D eigenvalue weighted by Gasteiger charge is 2.64. The molecule has 1 aliphatic carbocycles. The summed E-state index contributed by atoms with van der Waals surface area (Å²) in [5.74, 6) is 0.0412. The van der Waals surface area contributed by atoms with Crippen LogP contribution < -0.4 is 0 Å². The smallest absolute Gasteiger partial charge is 0.232 e. The molecule has 4 nitrogen and oxygen atoms in total. The van der Waals surface area contributed by atoms with Crippen LogP contribution >= 0.6 is 23.2 Å². The van der Waals surface area contributed by atoms with Crippen molar-refractivity contribution in [3.8, 4) is 12.1 Å². The third kappa shape index (κ3) is 2.90. The summed E-state index contributed by atoms with van der Waals surface area (Å²) in [6.45, 7) is 4.29. The predicted molar refractivity (Wildman–Crippen MR) is 111 cm³/mol. The Morgan fingerprint density at radius 2 is 1.25 bits per heavy atom. The Balaban J connectivity index is 1.94. The highest BCUT2D eigenvalue weighted by Crippen LogP contribution is 2.62. The Labute approximate surface area is 173 Å². The minimum atomic E-state index is -1.83. The summed E-state index contributed by atoms with van der Waals surface area (Å²) >= 11 is 12.4. The van der Waals surface area contributed by atoms with E-state index in [1.165, 1.54) is 0 Å². The standard InChI is InChI=1S/C22H16Cl2N4/c1-21(2)17-18(21)20(14-6-4-8-16(24)10-14)28-22(11-25,12-26)27-19(17)13-5-3-7-15(23)9-13/h3-10,17-18H,1-2H3/t17-,18+. The Bertz CT molecular complexity index is 1030. The quantitative estimate of drug-likeness (QED) is 0.678. The normalized spacial score (nSPS) is 23.9. The molecule has 0 bridgehead atoms. The number of halogens is 2. The zero-order valence-electron chi connectivity index (χ0n) is 15.3. The van der Waals surface area contributed by atoms with Crippen LogP contribution in [0.3, 0.4) is 0 Å². The summed E-state index contributed by atoms with van der Waals surface area (Å²) in [4.78, 5) is 9.17. The molecule has 2 aromatic rings. The van der Waals surface area contributed by atoms with Crippen molar-refractivity contribution in [2.24, 2.45) is 27.2 Å². The lowest BCUT2D eigenvalue weighted by molar-refractivity contribution is 0.591. The first-order valence-electron chi connectivity index (χ1n) is 8.85. The van der Waals surface area contributed by atoms with E-state index in [9.17, 15) is 10.5 Å². The van der Waals surface area contributed by atoms with Crippen molar-refractivity contribution in [3.63, 3.8) is 0 Å². The summed E-state index contributed by atoms with van der Waals surface area (Å²) in [6, 6.07) is 18.7. The average molecular weight is 407 g/mol. The molecule has 2 aliphatic rings. The SMILES string of the molecule is CC1(C)[C@@H]2C(c3cccc(Cl)c3)=NC(C#N)(C#N)N=C(c3cccc(Cl)c3)[C@@H]21. The van der Waals surface area contributed by atoms with Crippen molar-refractivity contribution in [1.29, 1.82) is 10.5 Å². The van der Waals surface area contributed by atoms with Gasteiger partial charge in [0.15, 0.2) is 0 Å². The molecule has 2 aromatic carbocycles. The molecule has 1 aliphatic heterocycles. The fraction of sp³-hybridized carbons (Fsp3) is 0.273. The molecule has 0 amide bonds. The fourth-order valence-corrected chi connectivity index (χ4v) is 4.46. The van der Waals surface area contributed by atoms with Gasteiger partial charge in [0.1, 0.15) is 12.1 Å². The second-order valence-electron chi connectivity index (χ2n) is 7.69. The molecule has 0 aromatic heterocycles. The minimum absolute atomic E-state index is 0.0206. The number of hydrogen-bond acceptors (Lipinski definition) is 4. The number of nitriles is 2. The lowest BCUT2D eigenvalue weighted by Gasteiger charge is -2.16. The van der Waals surface area contributed by atoms with E-state index >= 15 is 0 Å². The fourth-order valence-electron chi connectivity index (χ4n) is 4.08. The second-order valence-corrected chi connectivity index (χ2v) is 8.56. The van der Waals surface area contributed by atoms with Gasteiger partial charge < -0.3 is 0 Å². The monoisotopic (exact) mass is 406 g/mol. The van der Waals surface area contributed by atoms with E-state index in [0.29, 0.717) is 21.5 Å². The van der Waals surface area contributed by atoms with E-state index in [1.807, 2.05) is 48.5 Å². The van der Waals surface area contributed by atoms with Gasteiger partial charge in [0.05, 0.1) is 11.4 Å². The zero-order chi connectivity index (χ0) is 20.1. The van der Waals surface area contributed by atoms with Crippen molar-refractivity contribution >= 4 is 34.6 Å². The van der Waals surface area contributed by atoms with E-state index in [-0.39, 0.29) is 17.3 Å². The number of hydrogen-bond donors (Lipinski definition) is 0. The highest BCUT2D eigenvalue weighted by molar-refractivity contribution is 6.31. The molecule has 2 atom stereocenters. The van der Waals surface area contributed by atoms with Gasteiger partial charge >= 0.3 is 5.66 Å². The summed E-state index contributed by atoms with van der Waals surface area (Å²) in [6.07, 6.45) is 0. The van der Waals surface area contributed by atoms with Gasteiger partial charge in [0.25, 0.3) is 0 Å². The summed E-state index contributed by atoms with van der Waals surface area (Å²) in [5, 5.41) is 20.8. The molecule has 0 unspecified atom stereocenters. The summed E-state index contributed by atoms with van der Waals surface area (Å²) < 4.78 is 0. The number of rotatable bonds is 2. The van der Waals surface area contributed by atoms with E-state index in [4.69, 9.17) is 23.2 Å². The molecule has 1 fully saturated rings. The van der Waals surface area contributed by atoms with Crippen LogP contribution in [-0.4, -0.2) is 17.1 Å². The first-order valence-corrected chi connectivity index (χ1v) is 9.61. The molecule has 138 valence electrons. The van der Waals surface area contributed by atoms with Crippen LogP contribution in [0.1, 0.15) is 25.0 Å². The first-order chi connectivity index (χ1) is 13.3. The van der Waals surface area contributed by atoms with Gasteiger partial charge in [-0.05, 0) is 40.8 Å². The third-order valence-electron chi connectivity index (χ3n) is 5.53. The van der Waals surface area contributed by atoms with Crippen molar-refractivity contribution in [2.75, 3.05) is 0 Å². The lowest BCUT2D eigenvalue weighted by atomic mass is 9.99. The van der Waals surface area contributed by atoms with Crippen molar-refractivity contribution < 1.29 is 0 Å². The number of aliphatic imine (C=N–C) groups is 2. The van der Waals surface area contributed by atoms with Gasteiger partial charge in [-0.15, -0.1) is 0 Å². The Morgan fingerprint density at radius 3 is 1.61 bits per heavy atom. The topological polar surface area (TPSA) is 72.3 Å². The van der Waals surface area contributed by atoms with Crippen molar-refractivity contribution in [1.82, 2.24) is 0 Å². The molecular formula is C22H16Cl2N4. The second kappa shape index (κ2) is 6.45. The van der Waals surface area contributed by atoms with E-state index < -0.39 is 5.66 Å². The van der Waals surface area contributed by atoms with Gasteiger partial charge in [-0.1, -0.05) is 61.3 Å². The van der Waals surface area contributed by atoms with Crippen LogP contribution in [0.2, 0.25) is 10.0 Å². The summed E-state index contributed by atoms with van der Waals surface area (Å²) in [7, 11) is 0. The van der Waals surface area contributed by atoms with Crippen molar-refractivity contribution in [3.05, 3.63) is 69.7 Å². The van der Waals surface area contributed by atoms with Gasteiger partial charge in [0, 0.05) is 21.9 Å². The molecular weight excluding hydrogens is 391 g/mol. The van der Waals surface area contributed by atoms with E-state index in [0.717, 1.165) is 11.1 Å². The first kappa shape index (κ1) is 18.7. The van der Waals surface area contributed by atoms with Crippen LogP contribution in [0.25, 0.3) is 0 Å². The van der Waals surface area contributed by atoms with Gasteiger partial charge in [-0.25, -0.2) is 9.98 Å². The van der Waals surface area contributed by atoms with Crippen LogP contribution in [0.5, 0.6) is 0 Å². The highest BCUT2D eigenvalue weighted by atomic mass is 35.5. The van der Waals surface area contributed by atoms with Crippen LogP contribution in [-0.2, 0) is 0 Å². The largest absolute Gasteiger partial charge is 0.326 e. The molecule has 28 heavy (non-hydrogen) atoms. The molecule has 4 rings (SSSR count). The minimum Gasteiger partial charge on any atom is -0.232 e. The number of fused-ring (bicyclic) bond motifs is 1. The average Bonchev–Trinajstić information content (AvgIpc) is 3.29. The molecule has 1 saturated carbocycles. The maximum atomic E-state index is 9.80. The van der Waals surface area contributed by atoms with Crippen LogP contribution in [0, 0.1) is 39.9 Å². The van der Waals surface area contributed by atoms with Crippen molar-refractivity contribution in [2.45, 2.75) is 19.5 Å². The Hall–Kier alpha value is -2.66. The van der Waals surface area contributed by atoms with E-state index in [2.05, 4.69) is 23.8 Å². The molecule has 0 saturated heterocycles. The van der Waals surface area contributed by atoms with E-state index in [1.54, 1.807) is 12.1 Å². The molecule has 1 heterocycles. The number of benzene rings is 2. The molecule has 0 spiro atoms. The van der Waals surface area contributed by atoms with Gasteiger partial charge in [0.2, 0.25) is 0 Å². The summed E-state index contributed by atoms with van der Waals surface area (Å²) in [5.41, 5.74) is 1.05. The maximum absolute atomic E-state index is 9.80.